The van der Waals surface area contributed by atoms with E-state index in [2.05, 4.69) is 57.8 Å². The number of hydrogen-bond donors (Lipinski definition) is 3. The van der Waals surface area contributed by atoms with Gasteiger partial charge in [-0.15, -0.1) is 0 Å². The number of nitrogens with zero attached hydrogens (tertiary/aromatic N) is 2. The van der Waals surface area contributed by atoms with Crippen LogP contribution in [0, 0.1) is 6.92 Å². The van der Waals surface area contributed by atoms with Crippen molar-refractivity contribution in [3.05, 3.63) is 101 Å². The van der Waals surface area contributed by atoms with Crippen LogP contribution in [0.4, 0.5) is 10.5 Å². The molecular formula is C34H41N5O2. The second-order valence-corrected chi connectivity index (χ2v) is 11.6. The molecule has 0 unspecified atom stereocenters. The van der Waals surface area contributed by atoms with Gasteiger partial charge in [-0.3, -0.25) is 4.79 Å². The minimum Gasteiger partial charge on any atom is -0.361 e. The maximum atomic E-state index is 13.8. The number of anilines is 1. The zero-order chi connectivity index (χ0) is 28.9. The maximum absolute atomic E-state index is 13.8. The Balaban J connectivity index is 1.34. The van der Waals surface area contributed by atoms with Crippen molar-refractivity contribution in [2.24, 2.45) is 0 Å². The first-order valence-corrected chi connectivity index (χ1v) is 14.5. The Hall–Kier alpha value is -4.10. The van der Waals surface area contributed by atoms with E-state index in [9.17, 15) is 9.59 Å². The van der Waals surface area contributed by atoms with Gasteiger partial charge in [-0.05, 0) is 80.2 Å². The first-order chi connectivity index (χ1) is 19.8. The number of rotatable bonds is 8. The summed E-state index contributed by atoms with van der Waals surface area (Å²) in [6.07, 6.45) is 3.77. The van der Waals surface area contributed by atoms with Gasteiger partial charge in [-0.25, -0.2) is 4.79 Å². The Morgan fingerprint density at radius 3 is 2.49 bits per heavy atom. The van der Waals surface area contributed by atoms with Crippen LogP contribution in [0.2, 0.25) is 0 Å². The third-order valence-corrected chi connectivity index (χ3v) is 8.28. The number of nitrogens with one attached hydrogen (secondary N) is 3. The molecule has 0 aliphatic carbocycles. The second-order valence-electron chi connectivity index (χ2n) is 11.6. The molecule has 2 heterocycles. The largest absolute Gasteiger partial charge is 0.361 e. The fourth-order valence-corrected chi connectivity index (χ4v) is 6.06. The summed E-state index contributed by atoms with van der Waals surface area (Å²) in [4.78, 5) is 34.7. The van der Waals surface area contributed by atoms with E-state index >= 15 is 0 Å². The Morgan fingerprint density at radius 1 is 1.00 bits per heavy atom. The highest BCUT2D eigenvalue weighted by Crippen LogP contribution is 2.31. The zero-order valence-electron chi connectivity index (χ0n) is 24.5. The standard InChI is InChI=1S/C34H41N5O2/c1-23-10-5-6-13-28(23)26-16-18-39(19-17-26)34(41)37-32(24(2)30-21-35-31-15-8-7-14-29(30)31)33(40)36-27-12-9-11-25(20-27)22-38(3)4/h5-15,20-21,24,26,32,35H,16-19,22H2,1-4H3,(H,36,40)(H,37,41)/t24-,32+/m0/s1. The molecule has 3 amide bonds. The molecule has 214 valence electrons. The number of aromatic amines is 1. The Kier molecular flexibility index (Phi) is 8.74. The molecule has 1 saturated heterocycles. The van der Waals surface area contributed by atoms with Gasteiger partial charge in [0, 0.05) is 48.3 Å². The molecule has 2 atom stereocenters. The highest BCUT2D eigenvalue weighted by Gasteiger charge is 2.32. The molecule has 41 heavy (non-hydrogen) atoms. The number of benzene rings is 3. The molecule has 0 spiro atoms. The molecule has 0 bridgehead atoms. The average molecular weight is 552 g/mol. The SMILES string of the molecule is Cc1ccccc1C1CCN(C(=O)N[C@@H](C(=O)Nc2cccc(CN(C)C)c2)[C@@H](C)c2c[nH]c3ccccc23)CC1. The number of carbonyl (C=O) groups is 2. The summed E-state index contributed by atoms with van der Waals surface area (Å²) in [5.41, 5.74) is 6.51. The fraction of sp³-hybridized carbons (Fsp3) is 0.353. The number of amides is 3. The molecule has 7 nitrogen and oxygen atoms in total. The monoisotopic (exact) mass is 551 g/mol. The molecule has 1 fully saturated rings. The van der Waals surface area contributed by atoms with Crippen molar-refractivity contribution >= 4 is 28.5 Å². The second kappa shape index (κ2) is 12.6. The van der Waals surface area contributed by atoms with Gasteiger partial charge >= 0.3 is 6.03 Å². The van der Waals surface area contributed by atoms with Crippen LogP contribution < -0.4 is 10.6 Å². The molecule has 1 aliphatic rings. The average Bonchev–Trinajstić information content (AvgIpc) is 3.40. The van der Waals surface area contributed by atoms with Crippen LogP contribution in [0.25, 0.3) is 10.9 Å². The van der Waals surface area contributed by atoms with Crippen LogP contribution in [0.3, 0.4) is 0 Å². The van der Waals surface area contributed by atoms with Crippen LogP contribution in [0.1, 0.15) is 53.9 Å². The number of carbonyl (C=O) groups excluding carboxylic acids is 2. The van der Waals surface area contributed by atoms with Gasteiger partial charge in [-0.1, -0.05) is 61.5 Å². The number of fused-ring (bicyclic) bond motifs is 1. The highest BCUT2D eigenvalue weighted by molar-refractivity contribution is 5.98. The predicted molar refractivity (Wildman–Crippen MR) is 166 cm³/mol. The van der Waals surface area contributed by atoms with E-state index in [1.807, 2.05) is 74.6 Å². The van der Waals surface area contributed by atoms with E-state index in [0.717, 1.165) is 47.1 Å². The van der Waals surface area contributed by atoms with Crippen molar-refractivity contribution in [1.29, 1.82) is 0 Å². The summed E-state index contributed by atoms with van der Waals surface area (Å²) in [6, 6.07) is 23.5. The van der Waals surface area contributed by atoms with Crippen molar-refractivity contribution in [3.8, 4) is 0 Å². The van der Waals surface area contributed by atoms with Gasteiger partial charge in [0.05, 0.1) is 0 Å². The first kappa shape index (κ1) is 28.4. The molecule has 3 N–H and O–H groups in total. The first-order valence-electron chi connectivity index (χ1n) is 14.5. The summed E-state index contributed by atoms with van der Waals surface area (Å²) in [5.74, 6) is -0.0450. The Morgan fingerprint density at radius 2 is 1.73 bits per heavy atom. The molecule has 7 heteroatoms. The third-order valence-electron chi connectivity index (χ3n) is 8.28. The Bertz CT molecular complexity index is 1500. The zero-order valence-corrected chi connectivity index (χ0v) is 24.5. The number of hydrogen-bond acceptors (Lipinski definition) is 3. The lowest BCUT2D eigenvalue weighted by molar-refractivity contribution is -0.118. The summed E-state index contributed by atoms with van der Waals surface area (Å²) in [7, 11) is 4.03. The van der Waals surface area contributed by atoms with E-state index in [0.29, 0.717) is 19.0 Å². The summed E-state index contributed by atoms with van der Waals surface area (Å²) in [5, 5.41) is 7.27. The number of H-pyrrole nitrogens is 1. The van der Waals surface area contributed by atoms with Crippen molar-refractivity contribution in [3.63, 3.8) is 0 Å². The van der Waals surface area contributed by atoms with Gasteiger partial charge in [-0.2, -0.15) is 0 Å². The summed E-state index contributed by atoms with van der Waals surface area (Å²) in [6.45, 7) is 6.25. The van der Waals surface area contributed by atoms with Crippen LogP contribution in [0.5, 0.6) is 0 Å². The third kappa shape index (κ3) is 6.63. The van der Waals surface area contributed by atoms with Crippen molar-refractivity contribution in [1.82, 2.24) is 20.1 Å². The molecular weight excluding hydrogens is 510 g/mol. The van der Waals surface area contributed by atoms with Crippen LogP contribution >= 0.6 is 0 Å². The molecule has 0 saturated carbocycles. The van der Waals surface area contributed by atoms with E-state index in [1.54, 1.807) is 0 Å². The van der Waals surface area contributed by atoms with Crippen molar-refractivity contribution in [2.45, 2.75) is 51.1 Å². The number of likely N-dealkylation sites (tertiary alicyclic amines) is 1. The Labute approximate surface area is 242 Å². The van der Waals surface area contributed by atoms with Gasteiger partial charge < -0.3 is 25.4 Å². The van der Waals surface area contributed by atoms with Crippen LogP contribution in [-0.2, 0) is 11.3 Å². The summed E-state index contributed by atoms with van der Waals surface area (Å²) < 4.78 is 0. The van der Waals surface area contributed by atoms with Crippen LogP contribution in [-0.4, -0.2) is 59.9 Å². The van der Waals surface area contributed by atoms with Gasteiger partial charge in [0.2, 0.25) is 5.91 Å². The minimum atomic E-state index is -0.756. The number of piperidine rings is 1. The maximum Gasteiger partial charge on any atom is 0.318 e. The molecule has 3 aromatic carbocycles. The molecule has 4 aromatic rings. The molecule has 5 rings (SSSR count). The number of para-hydroxylation sites is 1. The van der Waals surface area contributed by atoms with Gasteiger partial charge in [0.1, 0.15) is 6.04 Å². The predicted octanol–water partition coefficient (Wildman–Crippen LogP) is 6.24. The number of aromatic nitrogens is 1. The molecule has 1 aromatic heterocycles. The lowest BCUT2D eigenvalue weighted by Gasteiger charge is -2.34. The van der Waals surface area contributed by atoms with Crippen LogP contribution in [0.15, 0.2) is 79.0 Å². The highest BCUT2D eigenvalue weighted by atomic mass is 16.2. The minimum absolute atomic E-state index is 0.193. The topological polar surface area (TPSA) is 80.5 Å². The van der Waals surface area contributed by atoms with Gasteiger partial charge in [0.25, 0.3) is 0 Å². The lowest BCUT2D eigenvalue weighted by Crippen LogP contribution is -2.53. The molecule has 0 radical (unpaired) electrons. The molecule has 1 aliphatic heterocycles. The lowest BCUT2D eigenvalue weighted by atomic mass is 9.87. The number of urea groups is 1. The van der Waals surface area contributed by atoms with Gasteiger partial charge in [0.15, 0.2) is 0 Å². The smallest absolute Gasteiger partial charge is 0.318 e. The van der Waals surface area contributed by atoms with E-state index < -0.39 is 6.04 Å². The fourth-order valence-electron chi connectivity index (χ4n) is 6.06. The van der Waals surface area contributed by atoms with Crippen molar-refractivity contribution in [2.75, 3.05) is 32.5 Å². The quantitative estimate of drug-likeness (QED) is 0.243. The normalized spacial score (nSPS) is 15.6. The summed E-state index contributed by atoms with van der Waals surface area (Å²) >= 11 is 0. The number of aryl methyl sites for hydroxylation is 1. The van der Waals surface area contributed by atoms with Crippen molar-refractivity contribution < 1.29 is 9.59 Å². The van der Waals surface area contributed by atoms with E-state index in [-0.39, 0.29) is 17.9 Å². The van der Waals surface area contributed by atoms with E-state index in [1.165, 1.54) is 11.1 Å². The van der Waals surface area contributed by atoms with E-state index in [4.69, 9.17) is 0 Å².